The minimum Gasteiger partial charge on any atom is -0.492 e. The summed E-state index contributed by atoms with van der Waals surface area (Å²) in [6, 6.07) is 5.14. The van der Waals surface area contributed by atoms with Gasteiger partial charge in [-0.05, 0) is 68.8 Å². The lowest BCUT2D eigenvalue weighted by Gasteiger charge is -2.31. The number of aromatic nitrogens is 2. The SMILES string of the molecule is CCOc1ccc(C)cc1S(=O)(=O)NCC1CCN(C(=O)c2snnc2C)CC1. The lowest BCUT2D eigenvalue weighted by molar-refractivity contribution is 0.0696. The Morgan fingerprint density at radius 3 is 2.66 bits per heavy atom. The number of nitrogens with zero attached hydrogens (tertiary/aromatic N) is 3. The van der Waals surface area contributed by atoms with Crippen molar-refractivity contribution in [1.82, 2.24) is 19.2 Å². The molecule has 0 bridgehead atoms. The Balaban J connectivity index is 1.58. The smallest absolute Gasteiger partial charge is 0.267 e. The van der Waals surface area contributed by atoms with E-state index in [2.05, 4.69) is 14.3 Å². The Hall–Kier alpha value is -2.04. The Bertz CT molecular complexity index is 966. The van der Waals surface area contributed by atoms with Crippen LogP contribution in [-0.4, -0.2) is 55.1 Å². The molecule has 1 amide bonds. The summed E-state index contributed by atoms with van der Waals surface area (Å²) < 4.78 is 37.7. The Labute approximate surface area is 175 Å². The molecule has 158 valence electrons. The highest BCUT2D eigenvalue weighted by Gasteiger charge is 2.27. The zero-order valence-electron chi connectivity index (χ0n) is 16.8. The van der Waals surface area contributed by atoms with E-state index in [1.54, 1.807) is 24.0 Å². The topological polar surface area (TPSA) is 101 Å². The summed E-state index contributed by atoms with van der Waals surface area (Å²) in [5.41, 5.74) is 1.51. The monoisotopic (exact) mass is 438 g/mol. The second-order valence-corrected chi connectivity index (χ2v) is 9.65. The number of carbonyl (C=O) groups is 1. The first-order valence-electron chi connectivity index (χ1n) is 9.63. The summed E-state index contributed by atoms with van der Waals surface area (Å²) >= 11 is 1.11. The molecule has 1 aromatic heterocycles. The van der Waals surface area contributed by atoms with Crippen molar-refractivity contribution >= 4 is 27.5 Å². The van der Waals surface area contributed by atoms with Crippen molar-refractivity contribution in [2.24, 2.45) is 5.92 Å². The molecule has 0 radical (unpaired) electrons. The van der Waals surface area contributed by atoms with Gasteiger partial charge in [0, 0.05) is 19.6 Å². The van der Waals surface area contributed by atoms with E-state index < -0.39 is 10.0 Å². The molecule has 3 rings (SSSR count). The number of aryl methyl sites for hydroxylation is 2. The normalized spacial score (nSPS) is 15.5. The number of hydrogen-bond acceptors (Lipinski definition) is 7. The van der Waals surface area contributed by atoms with Crippen LogP contribution in [0.1, 0.15) is 40.7 Å². The molecule has 1 N–H and O–H groups in total. The molecular formula is C19H26N4O4S2. The van der Waals surface area contributed by atoms with Crippen molar-refractivity contribution in [3.63, 3.8) is 0 Å². The van der Waals surface area contributed by atoms with Gasteiger partial charge in [0.15, 0.2) is 0 Å². The van der Waals surface area contributed by atoms with Crippen molar-refractivity contribution in [2.45, 2.75) is 38.5 Å². The first-order valence-corrected chi connectivity index (χ1v) is 11.9. The van der Waals surface area contributed by atoms with Crippen LogP contribution in [0.2, 0.25) is 0 Å². The Morgan fingerprint density at radius 2 is 2.03 bits per heavy atom. The number of amides is 1. The molecule has 0 unspecified atom stereocenters. The van der Waals surface area contributed by atoms with Gasteiger partial charge in [-0.2, -0.15) is 0 Å². The fourth-order valence-electron chi connectivity index (χ4n) is 3.32. The van der Waals surface area contributed by atoms with Crippen LogP contribution in [-0.2, 0) is 10.0 Å². The number of piperidine rings is 1. The average molecular weight is 439 g/mol. The second kappa shape index (κ2) is 9.19. The number of rotatable bonds is 7. The fourth-order valence-corrected chi connectivity index (χ4v) is 5.29. The predicted octanol–water partition coefficient (Wildman–Crippen LogP) is 2.38. The molecular weight excluding hydrogens is 412 g/mol. The Morgan fingerprint density at radius 1 is 1.31 bits per heavy atom. The Kier molecular flexibility index (Phi) is 6.86. The third-order valence-electron chi connectivity index (χ3n) is 5.00. The number of sulfonamides is 1. The first kappa shape index (κ1) is 21.7. The molecule has 2 heterocycles. The summed E-state index contributed by atoms with van der Waals surface area (Å²) in [6.07, 6.45) is 1.48. The molecule has 29 heavy (non-hydrogen) atoms. The number of nitrogens with one attached hydrogen (secondary N) is 1. The van der Waals surface area contributed by atoms with E-state index in [9.17, 15) is 13.2 Å². The summed E-state index contributed by atoms with van der Waals surface area (Å²) in [5, 5.41) is 3.89. The highest BCUT2D eigenvalue weighted by molar-refractivity contribution is 7.89. The van der Waals surface area contributed by atoms with Gasteiger partial charge in [0.1, 0.15) is 15.5 Å². The molecule has 1 aromatic carbocycles. The maximum Gasteiger partial charge on any atom is 0.267 e. The summed E-state index contributed by atoms with van der Waals surface area (Å²) in [7, 11) is -3.68. The van der Waals surface area contributed by atoms with Crippen molar-refractivity contribution in [3.8, 4) is 5.75 Å². The van der Waals surface area contributed by atoms with E-state index in [1.807, 2.05) is 19.9 Å². The van der Waals surface area contributed by atoms with E-state index >= 15 is 0 Å². The first-order chi connectivity index (χ1) is 13.8. The lowest BCUT2D eigenvalue weighted by atomic mass is 9.97. The molecule has 8 nitrogen and oxygen atoms in total. The molecule has 1 aliphatic heterocycles. The van der Waals surface area contributed by atoms with E-state index in [4.69, 9.17) is 4.74 Å². The third kappa shape index (κ3) is 5.12. The van der Waals surface area contributed by atoms with Gasteiger partial charge in [0.2, 0.25) is 10.0 Å². The molecule has 0 aliphatic carbocycles. The number of hydrogen-bond donors (Lipinski definition) is 1. The molecule has 1 aliphatic rings. The number of carbonyl (C=O) groups excluding carboxylic acids is 1. The lowest BCUT2D eigenvalue weighted by Crippen LogP contribution is -2.41. The second-order valence-electron chi connectivity index (χ2n) is 7.16. The van der Waals surface area contributed by atoms with Gasteiger partial charge in [0.25, 0.3) is 5.91 Å². The average Bonchev–Trinajstić information content (AvgIpc) is 3.13. The van der Waals surface area contributed by atoms with E-state index in [1.165, 1.54) is 0 Å². The summed E-state index contributed by atoms with van der Waals surface area (Å²) in [6.45, 7) is 7.37. The van der Waals surface area contributed by atoms with Crippen LogP contribution in [0.25, 0.3) is 0 Å². The van der Waals surface area contributed by atoms with E-state index in [0.29, 0.717) is 42.6 Å². The van der Waals surface area contributed by atoms with Gasteiger partial charge in [-0.25, -0.2) is 13.1 Å². The number of ether oxygens (including phenoxy) is 1. The van der Waals surface area contributed by atoms with Crippen LogP contribution in [0.5, 0.6) is 5.75 Å². The standard InChI is InChI=1S/C19H26N4O4S2/c1-4-27-16-6-5-13(2)11-17(16)29(25,26)20-12-15-7-9-23(10-8-15)19(24)18-14(3)21-22-28-18/h5-6,11,15,20H,4,7-10,12H2,1-3H3. The molecule has 2 aromatic rings. The van der Waals surface area contributed by atoms with E-state index in [-0.39, 0.29) is 16.7 Å². The van der Waals surface area contributed by atoms with Crippen LogP contribution >= 0.6 is 11.5 Å². The van der Waals surface area contributed by atoms with Crippen molar-refractivity contribution in [1.29, 1.82) is 0 Å². The molecule has 10 heteroatoms. The molecule has 0 saturated carbocycles. The van der Waals surface area contributed by atoms with Crippen molar-refractivity contribution in [3.05, 3.63) is 34.3 Å². The van der Waals surface area contributed by atoms with Crippen LogP contribution in [0, 0.1) is 19.8 Å². The van der Waals surface area contributed by atoms with Gasteiger partial charge in [-0.15, -0.1) is 5.10 Å². The van der Waals surface area contributed by atoms with Crippen LogP contribution < -0.4 is 9.46 Å². The number of benzene rings is 1. The highest BCUT2D eigenvalue weighted by Crippen LogP contribution is 2.26. The predicted molar refractivity (Wildman–Crippen MR) is 111 cm³/mol. The van der Waals surface area contributed by atoms with Crippen LogP contribution in [0.15, 0.2) is 23.1 Å². The quantitative estimate of drug-likeness (QED) is 0.712. The molecule has 1 saturated heterocycles. The van der Waals surface area contributed by atoms with Gasteiger partial charge in [-0.3, -0.25) is 4.79 Å². The molecule has 0 spiro atoms. The minimum absolute atomic E-state index is 0.0438. The molecule has 1 fully saturated rings. The zero-order valence-corrected chi connectivity index (χ0v) is 18.5. The fraction of sp³-hybridized carbons (Fsp3) is 0.526. The summed E-state index contributed by atoms with van der Waals surface area (Å²) in [4.78, 5) is 15.1. The number of likely N-dealkylation sites (tertiary alicyclic amines) is 1. The van der Waals surface area contributed by atoms with Gasteiger partial charge >= 0.3 is 0 Å². The van der Waals surface area contributed by atoms with Gasteiger partial charge in [0.05, 0.1) is 12.3 Å². The third-order valence-corrected chi connectivity index (χ3v) is 7.26. The van der Waals surface area contributed by atoms with Crippen LogP contribution in [0.4, 0.5) is 0 Å². The minimum atomic E-state index is -3.68. The van der Waals surface area contributed by atoms with Crippen molar-refractivity contribution in [2.75, 3.05) is 26.2 Å². The zero-order chi connectivity index (χ0) is 21.0. The highest BCUT2D eigenvalue weighted by atomic mass is 32.2. The van der Waals surface area contributed by atoms with Gasteiger partial charge < -0.3 is 9.64 Å². The largest absolute Gasteiger partial charge is 0.492 e. The summed E-state index contributed by atoms with van der Waals surface area (Å²) in [5.74, 6) is 0.493. The van der Waals surface area contributed by atoms with E-state index in [0.717, 1.165) is 29.9 Å². The molecule has 0 atom stereocenters. The van der Waals surface area contributed by atoms with Crippen molar-refractivity contribution < 1.29 is 17.9 Å². The maximum absolute atomic E-state index is 12.8. The van der Waals surface area contributed by atoms with Gasteiger partial charge in [-0.1, -0.05) is 10.6 Å². The van der Waals surface area contributed by atoms with Crippen LogP contribution in [0.3, 0.4) is 0 Å². The maximum atomic E-state index is 12.8.